The van der Waals surface area contributed by atoms with Crippen molar-refractivity contribution in [2.24, 2.45) is 5.92 Å². The number of hydrogen-bond donors (Lipinski definition) is 3. The summed E-state index contributed by atoms with van der Waals surface area (Å²) < 4.78 is 0. The van der Waals surface area contributed by atoms with E-state index in [1.807, 2.05) is 6.07 Å². The molecule has 1 aromatic heterocycles. The Morgan fingerprint density at radius 2 is 2.38 bits per heavy atom. The molecule has 90 valence electrons. The Morgan fingerprint density at radius 1 is 1.62 bits per heavy atom. The van der Waals surface area contributed by atoms with E-state index in [1.54, 1.807) is 5.38 Å². The van der Waals surface area contributed by atoms with Gasteiger partial charge < -0.3 is 15.5 Å². The molecule has 0 aliphatic rings. The largest absolute Gasteiger partial charge is 0.477 e. The van der Waals surface area contributed by atoms with Crippen LogP contribution in [0.2, 0.25) is 0 Å². The lowest BCUT2D eigenvalue weighted by Gasteiger charge is -2.10. The van der Waals surface area contributed by atoms with Gasteiger partial charge in [0.1, 0.15) is 4.88 Å². The molecule has 0 aliphatic carbocycles. The number of aliphatic hydroxyl groups is 1. The molecule has 0 radical (unpaired) electrons. The first-order valence-corrected chi connectivity index (χ1v) is 6.14. The zero-order valence-corrected chi connectivity index (χ0v) is 10.1. The average molecular weight is 243 g/mol. The first-order valence-electron chi connectivity index (χ1n) is 5.26. The number of nitrogens with one attached hydrogen (secondary N) is 1. The summed E-state index contributed by atoms with van der Waals surface area (Å²) in [7, 11) is 0. The Labute approximate surface area is 98.9 Å². The Bertz CT molecular complexity index is 338. The first-order chi connectivity index (χ1) is 7.65. The van der Waals surface area contributed by atoms with Crippen molar-refractivity contribution in [2.45, 2.75) is 19.9 Å². The van der Waals surface area contributed by atoms with Gasteiger partial charge in [-0.2, -0.15) is 0 Å². The molecule has 1 rings (SSSR count). The minimum Gasteiger partial charge on any atom is -0.477 e. The quantitative estimate of drug-likeness (QED) is 0.679. The van der Waals surface area contributed by atoms with Crippen LogP contribution in [0.15, 0.2) is 11.4 Å². The maximum absolute atomic E-state index is 10.8. The van der Waals surface area contributed by atoms with Crippen LogP contribution in [0.4, 0.5) is 0 Å². The molecule has 3 N–H and O–H groups in total. The number of thiophene rings is 1. The molecule has 0 spiro atoms. The highest BCUT2D eigenvalue weighted by atomic mass is 32.1. The molecule has 1 atom stereocenters. The highest BCUT2D eigenvalue weighted by Crippen LogP contribution is 2.16. The minimum atomic E-state index is -0.866. The van der Waals surface area contributed by atoms with Gasteiger partial charge in [-0.15, -0.1) is 11.3 Å². The van der Waals surface area contributed by atoms with Gasteiger partial charge in [0.2, 0.25) is 0 Å². The maximum Gasteiger partial charge on any atom is 0.346 e. The van der Waals surface area contributed by atoms with Gasteiger partial charge in [0, 0.05) is 13.2 Å². The molecule has 0 saturated heterocycles. The van der Waals surface area contributed by atoms with E-state index in [9.17, 15) is 4.79 Å². The normalized spacial score (nSPS) is 12.6. The molecule has 0 fully saturated rings. The SMILES string of the molecule is CC(CCO)CNCc1ccsc1C(=O)O. The average Bonchev–Trinajstić information content (AvgIpc) is 2.66. The highest BCUT2D eigenvalue weighted by molar-refractivity contribution is 7.12. The molecule has 0 amide bonds. The Morgan fingerprint density at radius 3 is 3.00 bits per heavy atom. The number of aliphatic hydroxyl groups excluding tert-OH is 1. The number of aromatic carboxylic acids is 1. The van der Waals surface area contributed by atoms with Gasteiger partial charge in [0.25, 0.3) is 0 Å². The molecule has 1 aromatic rings. The third kappa shape index (κ3) is 3.92. The Balaban J connectivity index is 2.37. The van der Waals surface area contributed by atoms with Crippen LogP contribution in [-0.2, 0) is 6.54 Å². The molecule has 0 saturated carbocycles. The lowest BCUT2D eigenvalue weighted by Crippen LogP contribution is -2.22. The van der Waals surface area contributed by atoms with Gasteiger partial charge in [0.15, 0.2) is 0 Å². The second-order valence-electron chi connectivity index (χ2n) is 3.83. The molecular weight excluding hydrogens is 226 g/mol. The fourth-order valence-corrected chi connectivity index (χ4v) is 2.20. The topological polar surface area (TPSA) is 69.6 Å². The number of rotatable bonds is 7. The molecular formula is C11H17NO3S. The lowest BCUT2D eigenvalue weighted by molar-refractivity contribution is 0.0701. The van der Waals surface area contributed by atoms with Crippen LogP contribution in [0.5, 0.6) is 0 Å². The Hall–Kier alpha value is -0.910. The summed E-state index contributed by atoms with van der Waals surface area (Å²) in [6.45, 7) is 3.60. The van der Waals surface area contributed by atoms with Gasteiger partial charge in [-0.25, -0.2) is 4.79 Å². The van der Waals surface area contributed by atoms with E-state index in [0.29, 0.717) is 17.3 Å². The fraction of sp³-hybridized carbons (Fsp3) is 0.545. The molecule has 1 heterocycles. The number of hydrogen-bond acceptors (Lipinski definition) is 4. The standard InChI is InChI=1S/C11H17NO3S/c1-8(2-4-13)6-12-7-9-3-5-16-10(9)11(14)15/h3,5,8,12-13H,2,4,6-7H2,1H3,(H,14,15). The second kappa shape index (κ2) is 6.62. The van der Waals surface area contributed by atoms with Crippen molar-refractivity contribution in [1.82, 2.24) is 5.32 Å². The molecule has 16 heavy (non-hydrogen) atoms. The lowest BCUT2D eigenvalue weighted by atomic mass is 10.1. The summed E-state index contributed by atoms with van der Waals surface area (Å²) >= 11 is 1.25. The minimum absolute atomic E-state index is 0.196. The van der Waals surface area contributed by atoms with Gasteiger partial charge in [0.05, 0.1) is 0 Å². The van der Waals surface area contributed by atoms with E-state index < -0.39 is 5.97 Å². The van der Waals surface area contributed by atoms with E-state index in [0.717, 1.165) is 18.5 Å². The van der Waals surface area contributed by atoms with Crippen molar-refractivity contribution in [3.8, 4) is 0 Å². The van der Waals surface area contributed by atoms with Crippen molar-refractivity contribution < 1.29 is 15.0 Å². The monoisotopic (exact) mass is 243 g/mol. The molecule has 1 unspecified atom stereocenters. The molecule has 4 nitrogen and oxygen atoms in total. The van der Waals surface area contributed by atoms with Crippen LogP contribution in [0.1, 0.15) is 28.6 Å². The predicted octanol–water partition coefficient (Wildman–Crippen LogP) is 1.55. The van der Waals surface area contributed by atoms with E-state index in [-0.39, 0.29) is 6.61 Å². The predicted molar refractivity (Wildman–Crippen MR) is 63.9 cm³/mol. The first kappa shape index (κ1) is 13.2. The summed E-state index contributed by atoms with van der Waals surface area (Å²) in [5.74, 6) is -0.466. The van der Waals surface area contributed by atoms with Crippen LogP contribution in [-0.4, -0.2) is 29.3 Å². The molecule has 0 aliphatic heterocycles. The van der Waals surface area contributed by atoms with Crippen molar-refractivity contribution in [1.29, 1.82) is 0 Å². The maximum atomic E-state index is 10.8. The van der Waals surface area contributed by atoms with Crippen molar-refractivity contribution >= 4 is 17.3 Å². The summed E-state index contributed by atoms with van der Waals surface area (Å²) in [5, 5.41) is 22.6. The number of carboxylic acid groups (broad SMARTS) is 1. The van der Waals surface area contributed by atoms with Crippen LogP contribution in [0, 0.1) is 5.92 Å². The van der Waals surface area contributed by atoms with E-state index >= 15 is 0 Å². The third-order valence-corrected chi connectivity index (χ3v) is 3.32. The van der Waals surface area contributed by atoms with Gasteiger partial charge >= 0.3 is 5.97 Å². The van der Waals surface area contributed by atoms with Crippen LogP contribution < -0.4 is 5.32 Å². The van der Waals surface area contributed by atoms with Gasteiger partial charge in [-0.05, 0) is 35.9 Å². The van der Waals surface area contributed by atoms with Crippen molar-refractivity contribution in [3.05, 3.63) is 21.9 Å². The highest BCUT2D eigenvalue weighted by Gasteiger charge is 2.11. The van der Waals surface area contributed by atoms with Crippen molar-refractivity contribution in [3.63, 3.8) is 0 Å². The molecule has 5 heteroatoms. The molecule has 0 aromatic carbocycles. The van der Waals surface area contributed by atoms with E-state index in [4.69, 9.17) is 10.2 Å². The zero-order valence-electron chi connectivity index (χ0n) is 9.27. The van der Waals surface area contributed by atoms with Gasteiger partial charge in [-0.3, -0.25) is 0 Å². The van der Waals surface area contributed by atoms with E-state index in [2.05, 4.69) is 12.2 Å². The van der Waals surface area contributed by atoms with E-state index in [1.165, 1.54) is 11.3 Å². The van der Waals surface area contributed by atoms with Crippen LogP contribution in [0.25, 0.3) is 0 Å². The smallest absolute Gasteiger partial charge is 0.346 e. The summed E-state index contributed by atoms with van der Waals surface area (Å²) in [6, 6.07) is 1.83. The Kier molecular flexibility index (Phi) is 5.45. The summed E-state index contributed by atoms with van der Waals surface area (Å²) in [5.41, 5.74) is 0.827. The van der Waals surface area contributed by atoms with Gasteiger partial charge in [-0.1, -0.05) is 6.92 Å². The second-order valence-corrected chi connectivity index (χ2v) is 4.74. The number of carboxylic acids is 1. The van der Waals surface area contributed by atoms with Crippen molar-refractivity contribution in [2.75, 3.05) is 13.2 Å². The summed E-state index contributed by atoms with van der Waals surface area (Å²) in [4.78, 5) is 11.2. The number of carbonyl (C=O) groups is 1. The third-order valence-electron chi connectivity index (χ3n) is 2.37. The summed E-state index contributed by atoms with van der Waals surface area (Å²) in [6.07, 6.45) is 0.766. The molecule has 0 bridgehead atoms. The zero-order chi connectivity index (χ0) is 12.0. The van der Waals surface area contributed by atoms with Crippen LogP contribution >= 0.6 is 11.3 Å². The van der Waals surface area contributed by atoms with Crippen LogP contribution in [0.3, 0.4) is 0 Å². The fourth-order valence-electron chi connectivity index (χ4n) is 1.44.